The minimum Gasteiger partial charge on any atom is -0.496 e. The van der Waals surface area contributed by atoms with Crippen LogP contribution in [0.2, 0.25) is 0 Å². The molecule has 0 atom stereocenters. The van der Waals surface area contributed by atoms with E-state index in [1.54, 1.807) is 7.11 Å². The fraction of sp³-hybridized carbons (Fsp3) is 0.318. The number of nitrogens with zero attached hydrogens (tertiary/aromatic N) is 2. The van der Waals surface area contributed by atoms with Crippen molar-refractivity contribution >= 4 is 15.9 Å². The maximum absolute atomic E-state index is 5.49. The highest BCUT2D eigenvalue weighted by atomic mass is 79.9. The van der Waals surface area contributed by atoms with E-state index in [1.165, 1.54) is 11.3 Å². The summed E-state index contributed by atoms with van der Waals surface area (Å²) in [6.45, 7) is 5.40. The first-order valence-electron chi connectivity index (χ1n) is 9.00. The minimum absolute atomic E-state index is 0.572. The molecule has 0 N–H and O–H groups in total. The molecule has 4 heteroatoms. The van der Waals surface area contributed by atoms with Gasteiger partial charge in [-0.15, -0.1) is 0 Å². The Kier molecular flexibility index (Phi) is 6.15. The molecule has 0 unspecified atom stereocenters. The van der Waals surface area contributed by atoms with Gasteiger partial charge in [0.1, 0.15) is 5.75 Å². The number of methoxy groups -OCH3 is 1. The zero-order valence-corrected chi connectivity index (χ0v) is 17.2. The van der Waals surface area contributed by atoms with Gasteiger partial charge in [0.05, 0.1) is 19.1 Å². The third-order valence-electron chi connectivity index (χ3n) is 4.46. The third kappa shape index (κ3) is 4.36. The van der Waals surface area contributed by atoms with Crippen LogP contribution in [0.25, 0.3) is 11.3 Å². The molecule has 0 radical (unpaired) electrons. The summed E-state index contributed by atoms with van der Waals surface area (Å²) >= 11 is 3.57. The van der Waals surface area contributed by atoms with Gasteiger partial charge in [-0.25, -0.2) is 4.98 Å². The number of hydrogen-bond donors (Lipinski definition) is 0. The highest BCUT2D eigenvalue weighted by Crippen LogP contribution is 2.27. The summed E-state index contributed by atoms with van der Waals surface area (Å²) in [5.74, 6) is 1.52. The van der Waals surface area contributed by atoms with Crippen LogP contribution in [0.3, 0.4) is 0 Å². The maximum atomic E-state index is 5.49. The Hall–Kier alpha value is -2.07. The first kappa shape index (κ1) is 18.7. The van der Waals surface area contributed by atoms with Gasteiger partial charge in [-0.05, 0) is 42.5 Å². The van der Waals surface area contributed by atoms with Gasteiger partial charge >= 0.3 is 0 Å². The second-order valence-electron chi connectivity index (χ2n) is 6.90. The molecule has 0 saturated heterocycles. The first-order chi connectivity index (χ1) is 12.6. The Labute approximate surface area is 164 Å². The molecule has 0 saturated carbocycles. The Balaban J connectivity index is 1.89. The molecule has 26 heavy (non-hydrogen) atoms. The van der Waals surface area contributed by atoms with Crippen LogP contribution in [-0.4, -0.2) is 16.7 Å². The van der Waals surface area contributed by atoms with Crippen molar-refractivity contribution < 1.29 is 4.74 Å². The van der Waals surface area contributed by atoms with Gasteiger partial charge in [0, 0.05) is 22.3 Å². The van der Waals surface area contributed by atoms with E-state index in [4.69, 9.17) is 9.72 Å². The zero-order chi connectivity index (χ0) is 18.5. The number of imidazole rings is 1. The summed E-state index contributed by atoms with van der Waals surface area (Å²) in [6, 6.07) is 16.6. The van der Waals surface area contributed by atoms with Gasteiger partial charge in [-0.2, -0.15) is 0 Å². The molecule has 3 nitrogen and oxygen atoms in total. The van der Waals surface area contributed by atoms with E-state index in [0.717, 1.165) is 40.9 Å². The van der Waals surface area contributed by atoms with Crippen LogP contribution in [-0.2, 0) is 19.4 Å². The lowest BCUT2D eigenvalue weighted by Crippen LogP contribution is -2.08. The summed E-state index contributed by atoms with van der Waals surface area (Å²) in [6.07, 6.45) is 3.90. The van der Waals surface area contributed by atoms with Crippen LogP contribution in [0.15, 0.2) is 59.3 Å². The molecule has 2 aromatic carbocycles. The molecule has 1 aromatic heterocycles. The molecule has 0 amide bonds. The molecule has 0 aliphatic rings. The number of ether oxygens (including phenoxy) is 1. The van der Waals surface area contributed by atoms with Crippen molar-refractivity contribution in [2.45, 2.75) is 33.2 Å². The number of halogens is 1. The third-order valence-corrected chi connectivity index (χ3v) is 4.95. The van der Waals surface area contributed by atoms with Crippen molar-refractivity contribution in [3.63, 3.8) is 0 Å². The summed E-state index contributed by atoms with van der Waals surface area (Å²) in [4.78, 5) is 4.75. The molecular weight excluding hydrogens is 388 g/mol. The predicted molar refractivity (Wildman–Crippen MR) is 111 cm³/mol. The van der Waals surface area contributed by atoms with Crippen molar-refractivity contribution in [2.24, 2.45) is 5.92 Å². The maximum Gasteiger partial charge on any atom is 0.122 e. The molecule has 0 aliphatic carbocycles. The molecule has 0 fully saturated rings. The highest BCUT2D eigenvalue weighted by molar-refractivity contribution is 9.10. The number of hydrogen-bond acceptors (Lipinski definition) is 2. The van der Waals surface area contributed by atoms with Crippen LogP contribution in [0.4, 0.5) is 0 Å². The van der Waals surface area contributed by atoms with Gasteiger partial charge in [0.15, 0.2) is 0 Å². The largest absolute Gasteiger partial charge is 0.496 e. The zero-order valence-electron chi connectivity index (χ0n) is 15.6. The van der Waals surface area contributed by atoms with E-state index in [1.807, 2.05) is 24.5 Å². The van der Waals surface area contributed by atoms with Gasteiger partial charge in [-0.1, -0.05) is 60.1 Å². The molecule has 0 aliphatic heterocycles. The topological polar surface area (TPSA) is 27.1 Å². The van der Waals surface area contributed by atoms with E-state index < -0.39 is 0 Å². The average molecular weight is 413 g/mol. The number of rotatable bonds is 7. The van der Waals surface area contributed by atoms with Crippen LogP contribution in [0.1, 0.15) is 25.1 Å². The van der Waals surface area contributed by atoms with Crippen LogP contribution in [0, 0.1) is 5.92 Å². The second-order valence-corrected chi connectivity index (χ2v) is 7.82. The van der Waals surface area contributed by atoms with E-state index in [0.29, 0.717) is 5.92 Å². The lowest BCUT2D eigenvalue weighted by molar-refractivity contribution is 0.408. The lowest BCUT2D eigenvalue weighted by Gasteiger charge is -2.14. The van der Waals surface area contributed by atoms with E-state index in [9.17, 15) is 0 Å². The van der Waals surface area contributed by atoms with Gasteiger partial charge in [0.2, 0.25) is 0 Å². The number of aryl methyl sites for hydroxylation is 2. The van der Waals surface area contributed by atoms with Crippen molar-refractivity contribution in [3.8, 4) is 17.0 Å². The van der Waals surface area contributed by atoms with Crippen LogP contribution >= 0.6 is 15.9 Å². The molecule has 0 bridgehead atoms. The van der Waals surface area contributed by atoms with Gasteiger partial charge < -0.3 is 9.30 Å². The van der Waals surface area contributed by atoms with Crippen molar-refractivity contribution in [1.29, 1.82) is 0 Å². The SMILES string of the molecule is COc1ccccc1CCn1cnc(-c2cccc(Br)c2)c1CC(C)C. The van der Waals surface area contributed by atoms with Crippen molar-refractivity contribution in [3.05, 3.63) is 70.6 Å². The number of aromatic nitrogens is 2. The van der Waals surface area contributed by atoms with Crippen LogP contribution in [0.5, 0.6) is 5.75 Å². The minimum atomic E-state index is 0.572. The molecule has 1 heterocycles. The molecular formula is C22H25BrN2O. The molecule has 136 valence electrons. The lowest BCUT2D eigenvalue weighted by atomic mass is 10.0. The van der Waals surface area contributed by atoms with E-state index in [2.05, 4.69) is 64.7 Å². The van der Waals surface area contributed by atoms with E-state index >= 15 is 0 Å². The van der Waals surface area contributed by atoms with Crippen molar-refractivity contribution in [2.75, 3.05) is 7.11 Å². The Morgan fingerprint density at radius 2 is 1.92 bits per heavy atom. The Bertz CT molecular complexity index is 870. The molecule has 3 rings (SSSR count). The van der Waals surface area contributed by atoms with Crippen molar-refractivity contribution in [1.82, 2.24) is 9.55 Å². The van der Waals surface area contributed by atoms with Crippen LogP contribution < -0.4 is 4.74 Å². The summed E-state index contributed by atoms with van der Waals surface area (Å²) in [5.41, 5.74) is 4.77. The predicted octanol–water partition coefficient (Wildman–Crippen LogP) is 5.76. The smallest absolute Gasteiger partial charge is 0.122 e. The molecule has 3 aromatic rings. The number of para-hydroxylation sites is 1. The Morgan fingerprint density at radius 3 is 2.65 bits per heavy atom. The fourth-order valence-corrected chi connectivity index (χ4v) is 3.63. The number of benzene rings is 2. The van der Waals surface area contributed by atoms with Gasteiger partial charge in [0.25, 0.3) is 0 Å². The second kappa shape index (κ2) is 8.54. The fourth-order valence-electron chi connectivity index (χ4n) is 3.23. The normalized spacial score (nSPS) is 11.1. The monoisotopic (exact) mass is 412 g/mol. The standard InChI is InChI=1S/C22H25BrN2O/c1-16(2)13-20-22(18-8-6-9-19(23)14-18)24-15-25(20)12-11-17-7-4-5-10-21(17)26-3/h4-10,14-16H,11-13H2,1-3H3. The quantitative estimate of drug-likeness (QED) is 0.492. The summed E-state index contributed by atoms with van der Waals surface area (Å²) in [5, 5.41) is 0. The van der Waals surface area contributed by atoms with E-state index in [-0.39, 0.29) is 0 Å². The average Bonchev–Trinajstić information content (AvgIpc) is 3.02. The summed E-state index contributed by atoms with van der Waals surface area (Å²) < 4.78 is 8.86. The van der Waals surface area contributed by atoms with Gasteiger partial charge in [-0.3, -0.25) is 0 Å². The first-order valence-corrected chi connectivity index (χ1v) is 9.79. The highest BCUT2D eigenvalue weighted by Gasteiger charge is 2.15. The molecule has 0 spiro atoms. The summed E-state index contributed by atoms with van der Waals surface area (Å²) in [7, 11) is 1.73. The Morgan fingerprint density at radius 1 is 1.12 bits per heavy atom.